The fourth-order valence-electron chi connectivity index (χ4n) is 5.93. The lowest BCUT2D eigenvalue weighted by Gasteiger charge is -2.28. The molecule has 0 saturated carbocycles. The van der Waals surface area contributed by atoms with Crippen LogP contribution in [0.1, 0.15) is 40.0 Å². The maximum absolute atomic E-state index is 15.1. The van der Waals surface area contributed by atoms with Crippen molar-refractivity contribution in [3.05, 3.63) is 93.0 Å². The molecule has 254 valence electrons. The molecule has 1 unspecified atom stereocenters. The first-order chi connectivity index (χ1) is 22.4. The lowest BCUT2D eigenvalue weighted by molar-refractivity contribution is -0.146. The topological polar surface area (TPSA) is 105 Å². The number of hydrogen-bond donors (Lipinski definition) is 2. The molecule has 4 aromatic rings. The largest absolute Gasteiger partial charge is 0.480 e. The van der Waals surface area contributed by atoms with Gasteiger partial charge in [0.2, 0.25) is 0 Å². The van der Waals surface area contributed by atoms with Gasteiger partial charge in [0.05, 0.1) is 16.6 Å². The monoisotopic (exact) mass is 682 g/mol. The first-order valence-corrected chi connectivity index (χ1v) is 14.4. The molecule has 1 fully saturated rings. The SMILES string of the molecule is Cc1cc(C(F)(F)F)c(-c2ccc(CC(NC(=O)c3c(F)cc(N4CCC[C@@H]4C(F)(F)F)cc3F)C(=O)O)c3cccnc23)c(=O)n1C. The van der Waals surface area contributed by atoms with E-state index in [2.05, 4.69) is 4.98 Å². The zero-order chi connectivity index (χ0) is 35.3. The van der Waals surface area contributed by atoms with Gasteiger partial charge in [-0.1, -0.05) is 18.2 Å². The number of rotatable bonds is 7. The van der Waals surface area contributed by atoms with Crippen LogP contribution >= 0.6 is 0 Å². The van der Waals surface area contributed by atoms with E-state index < -0.39 is 82.3 Å². The van der Waals surface area contributed by atoms with Gasteiger partial charge in [0.25, 0.3) is 11.5 Å². The molecular weight excluding hydrogens is 656 g/mol. The zero-order valence-corrected chi connectivity index (χ0v) is 25.1. The molecular formula is C32H26F8N4O4. The van der Waals surface area contributed by atoms with Gasteiger partial charge in [-0.05, 0) is 49.6 Å². The minimum atomic E-state index is -4.91. The summed E-state index contributed by atoms with van der Waals surface area (Å²) in [7, 11) is 1.30. The number of aryl methyl sites for hydroxylation is 1. The van der Waals surface area contributed by atoms with E-state index in [-0.39, 0.29) is 47.1 Å². The van der Waals surface area contributed by atoms with Gasteiger partial charge in [0, 0.05) is 48.5 Å². The number of halogens is 8. The number of aromatic nitrogens is 2. The van der Waals surface area contributed by atoms with Crippen LogP contribution in [-0.4, -0.2) is 51.3 Å². The van der Waals surface area contributed by atoms with Gasteiger partial charge in [0.1, 0.15) is 29.3 Å². The Hall–Kier alpha value is -5.02. The Labute approximate surface area is 266 Å². The highest BCUT2D eigenvalue weighted by Gasteiger charge is 2.46. The molecule has 16 heteroatoms. The third-order valence-electron chi connectivity index (χ3n) is 8.35. The number of pyridine rings is 2. The van der Waals surface area contributed by atoms with E-state index in [1.54, 1.807) is 0 Å². The van der Waals surface area contributed by atoms with Crippen molar-refractivity contribution in [1.29, 1.82) is 0 Å². The van der Waals surface area contributed by atoms with E-state index in [1.165, 1.54) is 38.4 Å². The number of nitrogens with one attached hydrogen (secondary N) is 1. The Balaban J connectivity index is 1.49. The molecule has 3 heterocycles. The Morgan fingerprint density at radius 3 is 2.33 bits per heavy atom. The van der Waals surface area contributed by atoms with Crippen molar-refractivity contribution in [2.45, 2.75) is 50.6 Å². The second kappa shape index (κ2) is 12.5. The molecule has 1 saturated heterocycles. The third-order valence-corrected chi connectivity index (χ3v) is 8.35. The Bertz CT molecular complexity index is 1970. The average Bonchev–Trinajstić information content (AvgIpc) is 3.50. The fourth-order valence-corrected chi connectivity index (χ4v) is 5.93. The second-order valence-electron chi connectivity index (χ2n) is 11.4. The molecule has 1 aliphatic rings. The van der Waals surface area contributed by atoms with Crippen LogP contribution in [0.15, 0.2) is 53.5 Å². The van der Waals surface area contributed by atoms with E-state index in [9.17, 15) is 45.8 Å². The van der Waals surface area contributed by atoms with Crippen LogP contribution in [0.3, 0.4) is 0 Å². The third kappa shape index (κ3) is 6.42. The molecule has 2 N–H and O–H groups in total. The average molecular weight is 683 g/mol. The highest BCUT2D eigenvalue weighted by atomic mass is 19.4. The number of carbonyl (C=O) groups is 2. The van der Waals surface area contributed by atoms with E-state index in [1.807, 2.05) is 5.32 Å². The van der Waals surface area contributed by atoms with Gasteiger partial charge in [-0.3, -0.25) is 14.6 Å². The number of amides is 1. The standard InChI is InChI=1S/C32H26F8N4O4/c1-15-11-20(31(35,36)37)25(29(46)43(15)2)19-8-7-16(18-5-3-9-41-27(18)19)12-23(30(47)48)42-28(45)26-21(33)13-17(14-22(26)34)44-10-4-6-24(44)32(38,39)40/h3,5,7-9,11,13-14,23-24H,4,6,10,12H2,1-2H3,(H,42,45)(H,47,48)/t23?,24-/m1/s1. The summed E-state index contributed by atoms with van der Waals surface area (Å²) in [5.41, 5.74) is -4.56. The Kier molecular flexibility index (Phi) is 8.97. The lowest BCUT2D eigenvalue weighted by Crippen LogP contribution is -2.43. The number of fused-ring (bicyclic) bond motifs is 1. The lowest BCUT2D eigenvalue weighted by atomic mass is 9.93. The first-order valence-electron chi connectivity index (χ1n) is 14.4. The maximum Gasteiger partial charge on any atom is 0.417 e. The van der Waals surface area contributed by atoms with Crippen LogP contribution in [0, 0.1) is 18.6 Å². The summed E-state index contributed by atoms with van der Waals surface area (Å²) in [6, 6.07) is 3.40. The van der Waals surface area contributed by atoms with Crippen molar-refractivity contribution in [2.24, 2.45) is 7.05 Å². The summed E-state index contributed by atoms with van der Waals surface area (Å²) in [4.78, 5) is 43.2. The number of anilines is 1. The van der Waals surface area contributed by atoms with E-state index >= 15 is 8.78 Å². The van der Waals surface area contributed by atoms with Crippen molar-refractivity contribution in [1.82, 2.24) is 14.9 Å². The number of alkyl halides is 6. The summed E-state index contributed by atoms with van der Waals surface area (Å²) in [5, 5.41) is 12.0. The highest BCUT2D eigenvalue weighted by Crippen LogP contribution is 2.39. The van der Waals surface area contributed by atoms with Gasteiger partial charge in [0.15, 0.2) is 0 Å². The number of carboxylic acids is 1. The molecule has 5 rings (SSSR count). The molecule has 1 aliphatic heterocycles. The molecule has 0 radical (unpaired) electrons. The Morgan fingerprint density at radius 2 is 1.73 bits per heavy atom. The van der Waals surface area contributed by atoms with Crippen molar-refractivity contribution in [3.63, 3.8) is 0 Å². The predicted molar refractivity (Wildman–Crippen MR) is 158 cm³/mol. The van der Waals surface area contributed by atoms with Crippen LogP contribution < -0.4 is 15.8 Å². The van der Waals surface area contributed by atoms with E-state index in [4.69, 9.17) is 0 Å². The highest BCUT2D eigenvalue weighted by molar-refractivity contribution is 5.99. The number of hydrogen-bond acceptors (Lipinski definition) is 5. The summed E-state index contributed by atoms with van der Waals surface area (Å²) >= 11 is 0. The molecule has 2 atom stereocenters. The minimum absolute atomic E-state index is 0.0501. The second-order valence-corrected chi connectivity index (χ2v) is 11.4. The van der Waals surface area contributed by atoms with Crippen LogP contribution in [0.2, 0.25) is 0 Å². The predicted octanol–water partition coefficient (Wildman–Crippen LogP) is 6.16. The summed E-state index contributed by atoms with van der Waals surface area (Å²) in [6.07, 6.45) is -9.03. The van der Waals surface area contributed by atoms with Gasteiger partial charge in [-0.2, -0.15) is 26.3 Å². The van der Waals surface area contributed by atoms with Crippen molar-refractivity contribution in [2.75, 3.05) is 11.4 Å². The Morgan fingerprint density at radius 1 is 1.06 bits per heavy atom. The molecule has 2 aromatic heterocycles. The van der Waals surface area contributed by atoms with Crippen molar-refractivity contribution in [3.8, 4) is 11.1 Å². The number of aliphatic carboxylic acids is 1. The van der Waals surface area contributed by atoms with E-state index in [0.717, 1.165) is 21.6 Å². The normalized spacial score (nSPS) is 16.0. The van der Waals surface area contributed by atoms with Gasteiger partial charge >= 0.3 is 18.3 Å². The molecule has 0 aliphatic carbocycles. The van der Waals surface area contributed by atoms with Crippen LogP contribution in [0.4, 0.5) is 40.8 Å². The minimum Gasteiger partial charge on any atom is -0.480 e. The summed E-state index contributed by atoms with van der Waals surface area (Å²) < 4.78 is 114. The van der Waals surface area contributed by atoms with Gasteiger partial charge in [-0.25, -0.2) is 13.6 Å². The molecule has 2 aromatic carbocycles. The van der Waals surface area contributed by atoms with Crippen LogP contribution in [0.5, 0.6) is 0 Å². The fraction of sp³-hybridized carbons (Fsp3) is 0.312. The van der Waals surface area contributed by atoms with Crippen LogP contribution in [0.25, 0.3) is 22.0 Å². The molecule has 0 bridgehead atoms. The molecule has 0 spiro atoms. The quantitative estimate of drug-likeness (QED) is 0.226. The van der Waals surface area contributed by atoms with Crippen molar-refractivity contribution < 1.29 is 49.8 Å². The van der Waals surface area contributed by atoms with E-state index in [0.29, 0.717) is 12.1 Å². The maximum atomic E-state index is 15.1. The molecule has 8 nitrogen and oxygen atoms in total. The molecule has 1 amide bonds. The van der Waals surface area contributed by atoms with Crippen LogP contribution in [-0.2, 0) is 24.4 Å². The van der Waals surface area contributed by atoms with Crippen molar-refractivity contribution >= 4 is 28.5 Å². The number of benzene rings is 2. The van der Waals surface area contributed by atoms with Gasteiger partial charge < -0.3 is 19.9 Å². The first kappa shape index (κ1) is 34.3. The number of carboxylic acid groups (broad SMARTS) is 1. The number of nitrogens with zero attached hydrogens (tertiary/aromatic N) is 3. The smallest absolute Gasteiger partial charge is 0.417 e. The molecule has 48 heavy (non-hydrogen) atoms. The number of carbonyl (C=O) groups excluding carboxylic acids is 1. The summed E-state index contributed by atoms with van der Waals surface area (Å²) in [6.45, 7) is 1.20. The van der Waals surface area contributed by atoms with Gasteiger partial charge in [-0.15, -0.1) is 0 Å². The summed E-state index contributed by atoms with van der Waals surface area (Å²) in [5.74, 6) is -6.18. The zero-order valence-electron chi connectivity index (χ0n) is 25.1.